The van der Waals surface area contributed by atoms with Gasteiger partial charge in [0.25, 0.3) is 0 Å². The summed E-state index contributed by atoms with van der Waals surface area (Å²) in [4.78, 5) is 0. The first-order valence-corrected chi connectivity index (χ1v) is 6.48. The summed E-state index contributed by atoms with van der Waals surface area (Å²) in [5.41, 5.74) is 0. The predicted molar refractivity (Wildman–Crippen MR) is 59.5 cm³/mol. The lowest BCUT2D eigenvalue weighted by atomic mass is 9.82. The lowest BCUT2D eigenvalue weighted by Crippen LogP contribution is -2.23. The fourth-order valence-corrected chi connectivity index (χ4v) is 6.03. The summed E-state index contributed by atoms with van der Waals surface area (Å²) in [7, 11) is 0. The summed E-state index contributed by atoms with van der Waals surface area (Å²) >= 11 is 2.77. The molecule has 0 saturated heterocycles. The molecule has 3 fully saturated rings. The Morgan fingerprint density at radius 2 is 1.50 bits per heavy atom. The summed E-state index contributed by atoms with van der Waals surface area (Å²) in [6.07, 6.45) is 7.75. The Kier molecular flexibility index (Phi) is 1.61. The molecular formula is C11H17I. The third-order valence-corrected chi connectivity index (χ3v) is 6.50. The monoisotopic (exact) mass is 276 g/mol. The van der Waals surface area contributed by atoms with Crippen molar-refractivity contribution >= 4 is 22.6 Å². The van der Waals surface area contributed by atoms with Gasteiger partial charge in [0, 0.05) is 3.42 Å². The van der Waals surface area contributed by atoms with E-state index in [4.69, 9.17) is 0 Å². The summed E-state index contributed by atoms with van der Waals surface area (Å²) in [5.74, 6) is 4.47. The molecule has 0 aromatic heterocycles. The van der Waals surface area contributed by atoms with Crippen LogP contribution in [0.2, 0.25) is 0 Å². The summed E-state index contributed by atoms with van der Waals surface area (Å²) < 4.78 is 0.688. The van der Waals surface area contributed by atoms with E-state index in [0.717, 1.165) is 23.7 Å². The van der Waals surface area contributed by atoms with Crippen molar-refractivity contribution in [3.05, 3.63) is 0 Å². The van der Waals surface area contributed by atoms with Crippen LogP contribution in [0.4, 0.5) is 0 Å². The van der Waals surface area contributed by atoms with Crippen molar-refractivity contribution < 1.29 is 0 Å². The van der Waals surface area contributed by atoms with E-state index < -0.39 is 0 Å². The SMILES string of the molecule is CC1(I)C2CCC1C1CCCC12. The third kappa shape index (κ3) is 0.796. The Labute approximate surface area is 88.6 Å². The molecule has 0 N–H and O–H groups in total. The molecule has 0 nitrogen and oxygen atoms in total. The van der Waals surface area contributed by atoms with Crippen LogP contribution in [-0.2, 0) is 0 Å². The first kappa shape index (κ1) is 8.07. The molecule has 1 heteroatoms. The molecule has 0 spiro atoms. The normalized spacial score (nSPS) is 62.5. The van der Waals surface area contributed by atoms with Gasteiger partial charge in [-0.05, 0) is 56.3 Å². The molecule has 3 rings (SSSR count). The maximum atomic E-state index is 2.77. The van der Waals surface area contributed by atoms with Crippen molar-refractivity contribution in [2.45, 2.75) is 42.4 Å². The van der Waals surface area contributed by atoms with Crippen LogP contribution in [-0.4, -0.2) is 3.42 Å². The standard InChI is InChI=1S/C11H17I/c1-11(12)9-5-6-10(11)8-4-2-3-7(8)9/h7-10H,2-6H2,1H3. The lowest BCUT2D eigenvalue weighted by Gasteiger charge is -2.24. The quantitative estimate of drug-likeness (QED) is 0.468. The van der Waals surface area contributed by atoms with Gasteiger partial charge in [-0.1, -0.05) is 29.0 Å². The van der Waals surface area contributed by atoms with Gasteiger partial charge in [-0.2, -0.15) is 0 Å². The molecule has 0 amide bonds. The highest BCUT2D eigenvalue weighted by Gasteiger charge is 2.60. The number of rotatable bonds is 0. The molecule has 3 aliphatic rings. The van der Waals surface area contributed by atoms with Crippen molar-refractivity contribution in [1.29, 1.82) is 0 Å². The Balaban J connectivity index is 1.99. The van der Waals surface area contributed by atoms with Crippen LogP contribution in [0, 0.1) is 23.7 Å². The molecule has 0 radical (unpaired) electrons. The Hall–Kier alpha value is 0.730. The van der Waals surface area contributed by atoms with E-state index in [1.807, 2.05) is 0 Å². The third-order valence-electron chi connectivity index (χ3n) is 4.90. The topological polar surface area (TPSA) is 0 Å². The zero-order chi connectivity index (χ0) is 8.34. The molecule has 68 valence electrons. The maximum Gasteiger partial charge on any atom is 0.0256 e. The van der Waals surface area contributed by atoms with Gasteiger partial charge in [0.1, 0.15) is 0 Å². The largest absolute Gasteiger partial charge is 0.0785 e. The van der Waals surface area contributed by atoms with Gasteiger partial charge in [-0.25, -0.2) is 0 Å². The smallest absolute Gasteiger partial charge is 0.0256 e. The van der Waals surface area contributed by atoms with Crippen molar-refractivity contribution in [1.82, 2.24) is 0 Å². The highest BCUT2D eigenvalue weighted by atomic mass is 127. The summed E-state index contributed by atoms with van der Waals surface area (Å²) in [6.45, 7) is 2.52. The molecule has 12 heavy (non-hydrogen) atoms. The van der Waals surface area contributed by atoms with E-state index in [1.165, 1.54) is 6.42 Å². The average Bonchev–Trinajstić information content (AvgIpc) is 2.60. The lowest BCUT2D eigenvalue weighted by molar-refractivity contribution is 0.259. The second-order valence-corrected chi connectivity index (χ2v) is 7.52. The minimum atomic E-state index is 0.688. The van der Waals surface area contributed by atoms with Crippen molar-refractivity contribution in [2.24, 2.45) is 23.7 Å². The maximum absolute atomic E-state index is 2.77. The number of halogens is 1. The second kappa shape index (κ2) is 2.40. The molecule has 4 atom stereocenters. The van der Waals surface area contributed by atoms with E-state index in [1.54, 1.807) is 25.7 Å². The van der Waals surface area contributed by atoms with Crippen LogP contribution < -0.4 is 0 Å². The van der Waals surface area contributed by atoms with E-state index >= 15 is 0 Å². The zero-order valence-corrected chi connectivity index (χ0v) is 9.88. The number of alkyl halides is 1. The molecular weight excluding hydrogens is 259 g/mol. The van der Waals surface area contributed by atoms with E-state index in [9.17, 15) is 0 Å². The molecule has 0 aromatic rings. The van der Waals surface area contributed by atoms with Gasteiger partial charge in [-0.15, -0.1) is 0 Å². The Bertz CT molecular complexity index is 189. The van der Waals surface area contributed by atoms with Gasteiger partial charge >= 0.3 is 0 Å². The first-order valence-electron chi connectivity index (χ1n) is 5.40. The summed E-state index contributed by atoms with van der Waals surface area (Å²) in [6, 6.07) is 0. The van der Waals surface area contributed by atoms with Crippen molar-refractivity contribution in [3.63, 3.8) is 0 Å². The highest BCUT2D eigenvalue weighted by molar-refractivity contribution is 14.1. The molecule has 0 aliphatic heterocycles. The Morgan fingerprint density at radius 3 is 2.00 bits per heavy atom. The van der Waals surface area contributed by atoms with Crippen LogP contribution >= 0.6 is 22.6 Å². The molecule has 4 unspecified atom stereocenters. The number of hydrogen-bond acceptors (Lipinski definition) is 0. The van der Waals surface area contributed by atoms with Gasteiger partial charge in [-0.3, -0.25) is 0 Å². The second-order valence-electron chi connectivity index (χ2n) is 5.20. The van der Waals surface area contributed by atoms with Gasteiger partial charge < -0.3 is 0 Å². The van der Waals surface area contributed by atoms with Gasteiger partial charge in [0.15, 0.2) is 0 Å². The average molecular weight is 276 g/mol. The molecule has 0 heterocycles. The first-order chi connectivity index (χ1) is 5.71. The van der Waals surface area contributed by atoms with Crippen LogP contribution in [0.3, 0.4) is 0 Å². The fourth-order valence-electron chi connectivity index (χ4n) is 4.48. The Morgan fingerprint density at radius 1 is 1.00 bits per heavy atom. The van der Waals surface area contributed by atoms with Gasteiger partial charge in [0.2, 0.25) is 0 Å². The van der Waals surface area contributed by atoms with Crippen molar-refractivity contribution in [2.75, 3.05) is 0 Å². The summed E-state index contributed by atoms with van der Waals surface area (Å²) in [5, 5.41) is 0. The van der Waals surface area contributed by atoms with Crippen LogP contribution in [0.5, 0.6) is 0 Å². The van der Waals surface area contributed by atoms with Crippen LogP contribution in [0.1, 0.15) is 39.0 Å². The fraction of sp³-hybridized carbons (Fsp3) is 1.00. The molecule has 3 saturated carbocycles. The molecule has 0 aromatic carbocycles. The van der Waals surface area contributed by atoms with E-state index in [0.29, 0.717) is 3.42 Å². The highest BCUT2D eigenvalue weighted by Crippen LogP contribution is 2.66. The number of hydrogen-bond donors (Lipinski definition) is 0. The van der Waals surface area contributed by atoms with Crippen LogP contribution in [0.25, 0.3) is 0 Å². The minimum absolute atomic E-state index is 0.688. The molecule has 2 bridgehead atoms. The predicted octanol–water partition coefficient (Wildman–Crippen LogP) is 3.64. The zero-order valence-electron chi connectivity index (χ0n) is 7.72. The van der Waals surface area contributed by atoms with Gasteiger partial charge in [0.05, 0.1) is 0 Å². The van der Waals surface area contributed by atoms with Crippen LogP contribution in [0.15, 0.2) is 0 Å². The number of fused-ring (bicyclic) bond motifs is 5. The van der Waals surface area contributed by atoms with E-state index in [2.05, 4.69) is 29.5 Å². The minimum Gasteiger partial charge on any atom is -0.0785 e. The van der Waals surface area contributed by atoms with Crippen molar-refractivity contribution in [3.8, 4) is 0 Å². The van der Waals surface area contributed by atoms with E-state index in [-0.39, 0.29) is 0 Å². The molecule has 3 aliphatic carbocycles.